The molecule has 2 aliphatic carbocycles. The highest BCUT2D eigenvalue weighted by Gasteiger charge is 2.40. The Morgan fingerprint density at radius 3 is 2.43 bits per heavy atom. The van der Waals surface area contributed by atoms with E-state index >= 15 is 0 Å². The van der Waals surface area contributed by atoms with E-state index in [1.165, 1.54) is 29.4 Å². The summed E-state index contributed by atoms with van der Waals surface area (Å²) in [5.74, 6) is -0.375. The van der Waals surface area contributed by atoms with E-state index in [0.717, 1.165) is 48.2 Å². The normalized spacial score (nSPS) is 19.5. The van der Waals surface area contributed by atoms with Gasteiger partial charge in [0.1, 0.15) is 11.5 Å². The molecular weight excluding hydrogens is 671 g/mol. The Kier molecular flexibility index (Phi) is 15.1. The summed E-state index contributed by atoms with van der Waals surface area (Å²) >= 11 is 0. The Bertz CT molecular complexity index is 1680. The molecule has 3 aliphatic rings. The topological polar surface area (TPSA) is 77.1 Å². The first-order valence-electron chi connectivity index (χ1n) is 18.7. The summed E-state index contributed by atoms with van der Waals surface area (Å²) in [6.07, 6.45) is 12.0. The summed E-state index contributed by atoms with van der Waals surface area (Å²) in [6, 6.07) is 7.70. The van der Waals surface area contributed by atoms with Crippen LogP contribution in [0.3, 0.4) is 0 Å². The molecule has 1 aromatic rings. The number of aryl methyl sites for hydroxylation is 1. The Hall–Kier alpha value is -4.63. The second-order valence-electron chi connectivity index (χ2n) is 14.4. The zero-order chi connectivity index (χ0) is 38.7. The van der Waals surface area contributed by atoms with Crippen LogP contribution in [-0.4, -0.2) is 72.2 Å². The molecule has 3 N–H and O–H groups in total. The van der Waals surface area contributed by atoms with Crippen molar-refractivity contribution in [3.63, 3.8) is 0 Å². The number of hydrogen-bond acceptors (Lipinski definition) is 5. The monoisotopic (exact) mass is 728 g/mol. The second-order valence-corrected chi connectivity index (χ2v) is 14.4. The molecular formula is C44H58F2N4O3. The number of nitrogens with one attached hydrogen (secondary N) is 2. The third-order valence-corrected chi connectivity index (χ3v) is 10.3. The lowest BCUT2D eigenvalue weighted by Gasteiger charge is -2.44. The zero-order valence-corrected chi connectivity index (χ0v) is 32.1. The minimum atomic E-state index is -2.64. The number of aliphatic hydroxyl groups is 1. The zero-order valence-electron chi connectivity index (χ0n) is 32.1. The number of halogens is 2. The van der Waals surface area contributed by atoms with Gasteiger partial charge in [-0.15, -0.1) is 0 Å². The van der Waals surface area contributed by atoms with Crippen molar-refractivity contribution in [2.24, 2.45) is 5.92 Å². The fraction of sp³-hybridized carbons (Fsp3) is 0.432. The van der Waals surface area contributed by atoms with Crippen LogP contribution in [-0.2, 0) is 4.74 Å². The maximum atomic E-state index is 15.0. The van der Waals surface area contributed by atoms with Crippen LogP contribution in [0.15, 0.2) is 132 Å². The number of alkyl halides is 2. The number of likely N-dealkylation sites (tertiary alicyclic amines) is 1. The molecule has 1 saturated heterocycles. The van der Waals surface area contributed by atoms with Crippen molar-refractivity contribution >= 4 is 6.03 Å². The summed E-state index contributed by atoms with van der Waals surface area (Å²) in [7, 11) is 0. The van der Waals surface area contributed by atoms with E-state index in [4.69, 9.17) is 4.74 Å². The number of rotatable bonds is 17. The summed E-state index contributed by atoms with van der Waals surface area (Å²) in [6.45, 7) is 25.1. The van der Waals surface area contributed by atoms with Crippen LogP contribution in [0, 0.1) is 12.8 Å². The summed E-state index contributed by atoms with van der Waals surface area (Å²) in [4.78, 5) is 18.6. The highest BCUT2D eigenvalue weighted by molar-refractivity contribution is 5.78. The molecule has 0 saturated carbocycles. The average Bonchev–Trinajstić information content (AvgIpc) is 3.58. The molecule has 286 valence electrons. The minimum absolute atomic E-state index is 0.00325. The molecule has 53 heavy (non-hydrogen) atoms. The van der Waals surface area contributed by atoms with Crippen LogP contribution >= 0.6 is 0 Å². The van der Waals surface area contributed by atoms with Crippen molar-refractivity contribution in [2.75, 3.05) is 32.8 Å². The van der Waals surface area contributed by atoms with Gasteiger partial charge in [-0.25, -0.2) is 13.6 Å². The molecule has 7 nitrogen and oxygen atoms in total. The molecule has 4 rings (SSSR count). The quantitative estimate of drug-likeness (QED) is 0.110. The smallest absolute Gasteiger partial charge is 0.324 e. The van der Waals surface area contributed by atoms with Crippen molar-refractivity contribution in [2.45, 2.75) is 84.7 Å². The van der Waals surface area contributed by atoms with Gasteiger partial charge >= 0.3 is 6.03 Å². The SMILES string of the molecule is C=C/C(O)=C\C=C(/C)C(C(C)c1ccc(C)cc1)N(C(=C)C1CC=C(C(F)F)C=C1OCC)C(=O)N1CCC(NCC(=C)NCC2=CC=C(C)C2)CC1. The number of benzene rings is 1. The standard InChI is InChI=1S/C44H58F2N4O3/c1-9-39(51)19-14-31(5)42(33(7)36-16-12-29(3)13-17-36)50(34(8)40-20-18-37(43(45)46)26-41(40)53-10-2)44(52)49-23-21-38(22-24-49)48-27-32(6)47-28-35-15-11-30(4)25-35/h9,11-19,26,33,38,40,42-43,47-48,51H,1,6,8,10,20-25,27-28H2,2-5,7H3/b31-14+,39-19+. The number of carbonyl (C=O) groups excluding carboxylic acids is 1. The van der Waals surface area contributed by atoms with Gasteiger partial charge in [0.2, 0.25) is 0 Å². The largest absolute Gasteiger partial charge is 0.508 e. The van der Waals surface area contributed by atoms with Crippen molar-refractivity contribution < 1.29 is 23.4 Å². The van der Waals surface area contributed by atoms with Gasteiger partial charge in [-0.05, 0) is 88.3 Å². The third kappa shape index (κ3) is 11.2. The van der Waals surface area contributed by atoms with Gasteiger partial charge in [-0.3, -0.25) is 4.90 Å². The van der Waals surface area contributed by atoms with Crippen molar-refractivity contribution in [1.29, 1.82) is 0 Å². The number of allylic oxidation sites excluding steroid dienone is 9. The molecule has 1 aliphatic heterocycles. The molecule has 9 heteroatoms. The van der Waals surface area contributed by atoms with Crippen LogP contribution in [0.4, 0.5) is 13.6 Å². The number of hydrogen-bond donors (Lipinski definition) is 3. The first kappa shape index (κ1) is 41.1. The van der Waals surface area contributed by atoms with Gasteiger partial charge in [0.05, 0.1) is 18.6 Å². The van der Waals surface area contributed by atoms with E-state index in [1.807, 2.05) is 37.8 Å². The van der Waals surface area contributed by atoms with Gasteiger partial charge in [0.25, 0.3) is 6.43 Å². The van der Waals surface area contributed by atoms with Crippen LogP contribution < -0.4 is 10.6 Å². The van der Waals surface area contributed by atoms with Crippen LogP contribution in [0.25, 0.3) is 0 Å². The lowest BCUT2D eigenvalue weighted by molar-refractivity contribution is 0.124. The molecule has 1 heterocycles. The van der Waals surface area contributed by atoms with E-state index in [-0.39, 0.29) is 42.4 Å². The van der Waals surface area contributed by atoms with Gasteiger partial charge in [-0.1, -0.05) is 86.4 Å². The van der Waals surface area contributed by atoms with Crippen LogP contribution in [0.2, 0.25) is 0 Å². The Labute approximate surface area is 315 Å². The van der Waals surface area contributed by atoms with Crippen LogP contribution in [0.5, 0.6) is 0 Å². The lowest BCUT2D eigenvalue weighted by atomic mass is 9.84. The predicted octanol–water partition coefficient (Wildman–Crippen LogP) is 9.54. The minimum Gasteiger partial charge on any atom is -0.508 e. The lowest BCUT2D eigenvalue weighted by Crippen LogP contribution is -2.54. The molecule has 3 unspecified atom stereocenters. The number of aliphatic hydroxyl groups excluding tert-OH is 1. The van der Waals surface area contributed by atoms with E-state index in [9.17, 15) is 18.7 Å². The Morgan fingerprint density at radius 1 is 1.13 bits per heavy atom. The first-order valence-corrected chi connectivity index (χ1v) is 18.7. The maximum absolute atomic E-state index is 15.0. The third-order valence-electron chi connectivity index (χ3n) is 10.3. The maximum Gasteiger partial charge on any atom is 0.324 e. The van der Waals surface area contributed by atoms with Gasteiger partial charge in [-0.2, -0.15) is 0 Å². The first-order chi connectivity index (χ1) is 25.3. The fourth-order valence-corrected chi connectivity index (χ4v) is 7.15. The van der Waals surface area contributed by atoms with Crippen LogP contribution in [0.1, 0.15) is 70.4 Å². The highest BCUT2D eigenvalue weighted by Crippen LogP contribution is 2.39. The van der Waals surface area contributed by atoms with Crippen molar-refractivity contribution in [1.82, 2.24) is 20.4 Å². The summed E-state index contributed by atoms with van der Waals surface area (Å²) in [5, 5.41) is 17.3. The number of piperidine rings is 1. The summed E-state index contributed by atoms with van der Waals surface area (Å²) in [5.41, 5.74) is 6.95. The van der Waals surface area contributed by atoms with Crippen molar-refractivity contribution in [3.05, 3.63) is 143 Å². The molecule has 0 radical (unpaired) electrons. The van der Waals surface area contributed by atoms with E-state index in [2.05, 4.69) is 68.5 Å². The Morgan fingerprint density at radius 2 is 1.83 bits per heavy atom. The van der Waals surface area contributed by atoms with Gasteiger partial charge in [0, 0.05) is 55.1 Å². The van der Waals surface area contributed by atoms with E-state index < -0.39 is 18.4 Å². The number of urea groups is 1. The van der Waals surface area contributed by atoms with E-state index in [1.54, 1.807) is 17.1 Å². The van der Waals surface area contributed by atoms with E-state index in [0.29, 0.717) is 31.1 Å². The molecule has 1 aromatic carbocycles. The number of nitrogens with zero attached hydrogens (tertiary/aromatic N) is 2. The Balaban J connectivity index is 1.61. The molecule has 0 bridgehead atoms. The highest BCUT2D eigenvalue weighted by atomic mass is 19.3. The predicted molar refractivity (Wildman–Crippen MR) is 213 cm³/mol. The molecule has 0 aromatic heterocycles. The second kappa shape index (κ2) is 19.4. The molecule has 2 amide bonds. The summed E-state index contributed by atoms with van der Waals surface area (Å²) < 4.78 is 33.7. The molecule has 1 fully saturated rings. The molecule has 3 atom stereocenters. The number of carbonyl (C=O) groups is 1. The van der Waals surface area contributed by atoms with Gasteiger partial charge in [0.15, 0.2) is 0 Å². The number of amides is 2. The average molecular weight is 729 g/mol. The fourth-order valence-electron chi connectivity index (χ4n) is 7.15. The molecule has 0 spiro atoms. The van der Waals surface area contributed by atoms with Crippen molar-refractivity contribution in [3.8, 4) is 0 Å². The van der Waals surface area contributed by atoms with Gasteiger partial charge < -0.3 is 25.4 Å². The number of ether oxygens (including phenoxy) is 1.